The molecule has 0 saturated carbocycles. The van der Waals surface area contributed by atoms with Crippen molar-refractivity contribution in [1.82, 2.24) is 25.8 Å². The largest absolute Gasteiger partial charge is 0.400 e. The molecule has 0 aromatic carbocycles. The van der Waals surface area contributed by atoms with Gasteiger partial charge < -0.3 is 114 Å². The SMILES string of the molecule is C.CO.CO.CO.[CH2-]P(=O)(OC)OC[C@@H]1CC(O[PH](=O)OC[C@@H]2C[C@@H](O)CN2C(=O)CCCCCCC(=O)[C@H](CCCCNC(=O)CCCCOC2OC(CO)C(O)C(O)C2C)NC(=O)CCCCOC2OC(CO)C(O)C(O)C2C)CN1C(=O)CCCCCNC(C)=O.[Y]. The fourth-order valence-electron chi connectivity index (χ4n) is 11.0. The monoisotopic (exact) mass is 1490 g/mol. The van der Waals surface area contributed by atoms with Crippen LogP contribution in [0, 0.1) is 18.5 Å². The Morgan fingerprint density at radius 2 is 1.08 bits per heavy atom. The Morgan fingerprint density at radius 1 is 0.621 bits per heavy atom. The maximum Gasteiger partial charge on any atom is 0.319 e. The van der Waals surface area contributed by atoms with E-state index in [-0.39, 0.29) is 160 Å². The second kappa shape index (κ2) is 54.6. The van der Waals surface area contributed by atoms with Crippen LogP contribution in [0.3, 0.4) is 0 Å². The molecule has 4 rings (SSSR count). The van der Waals surface area contributed by atoms with Gasteiger partial charge in [0.15, 0.2) is 26.0 Å². The number of aliphatic hydroxyl groups excluding tert-OH is 10. The zero-order chi connectivity index (χ0) is 70.1. The van der Waals surface area contributed by atoms with Crippen molar-refractivity contribution in [1.29, 1.82) is 0 Å². The number of hydrogen-bond acceptors (Lipinski definition) is 26. The van der Waals surface area contributed by atoms with Crippen molar-refractivity contribution in [3.05, 3.63) is 6.66 Å². The van der Waals surface area contributed by atoms with Crippen LogP contribution in [-0.2, 0) is 108 Å². The summed E-state index contributed by atoms with van der Waals surface area (Å²) in [4.78, 5) is 80.5. The first kappa shape index (κ1) is 94.9. The maximum absolute atomic E-state index is 13.7. The average Bonchev–Trinajstić information content (AvgIpc) is 1.25. The summed E-state index contributed by atoms with van der Waals surface area (Å²) in [5.41, 5.74) is 0. The molecular formula is C61H118N5O26P2Y-. The van der Waals surface area contributed by atoms with Crippen LogP contribution >= 0.6 is 15.9 Å². The van der Waals surface area contributed by atoms with Gasteiger partial charge in [0.1, 0.15) is 24.4 Å². The Labute approximate surface area is 587 Å². The number of nitrogens with one attached hydrogen (secondary N) is 3. The van der Waals surface area contributed by atoms with E-state index in [9.17, 15) is 73.6 Å². The van der Waals surface area contributed by atoms with E-state index in [0.29, 0.717) is 103 Å². The van der Waals surface area contributed by atoms with Crippen LogP contribution in [0.4, 0.5) is 0 Å². The molecule has 34 heteroatoms. The normalized spacial score (nSPS) is 26.6. The summed E-state index contributed by atoms with van der Waals surface area (Å²) in [6.45, 7) is 8.34. The maximum atomic E-state index is 13.7. The van der Waals surface area contributed by atoms with E-state index < -0.39 is 120 Å². The number of Topliss-reactive ketones (excluding diaryl/α,β-unsaturated/α-hetero) is 1. The number of ether oxygens (including phenoxy) is 4. The number of amides is 5. The molecule has 4 saturated heterocycles. The molecule has 17 atom stereocenters. The molecule has 4 aliphatic heterocycles. The summed E-state index contributed by atoms with van der Waals surface area (Å²) in [5, 5.41) is 99.8. The summed E-state index contributed by atoms with van der Waals surface area (Å²) >= 11 is 0. The van der Waals surface area contributed by atoms with Gasteiger partial charge in [-0.1, -0.05) is 40.5 Å². The van der Waals surface area contributed by atoms with Gasteiger partial charge in [-0.2, -0.15) is 0 Å². The van der Waals surface area contributed by atoms with Crippen molar-refractivity contribution in [3.8, 4) is 0 Å². The fourth-order valence-corrected chi connectivity index (χ4v) is 12.3. The Kier molecular flexibility index (Phi) is 54.6. The minimum atomic E-state index is -3.62. The third-order valence-electron chi connectivity index (χ3n) is 16.3. The van der Waals surface area contributed by atoms with Crippen LogP contribution in [0.1, 0.15) is 163 Å². The molecule has 4 heterocycles. The first-order valence-electron chi connectivity index (χ1n) is 32.4. The van der Waals surface area contributed by atoms with Crippen LogP contribution in [0.5, 0.6) is 0 Å². The number of ketones is 1. The van der Waals surface area contributed by atoms with Gasteiger partial charge in [0, 0.05) is 151 Å². The van der Waals surface area contributed by atoms with Gasteiger partial charge in [-0.25, -0.2) is 6.66 Å². The molecule has 13 unspecified atom stereocenters. The van der Waals surface area contributed by atoms with E-state index in [2.05, 4.69) is 22.6 Å². The number of carbonyl (C=O) groups excluding carboxylic acids is 6. The number of rotatable bonds is 43. The molecule has 95 heavy (non-hydrogen) atoms. The number of aliphatic hydroxyl groups is 10. The minimum Gasteiger partial charge on any atom is -0.400 e. The summed E-state index contributed by atoms with van der Waals surface area (Å²) in [5.74, 6) is -2.28. The predicted molar refractivity (Wildman–Crippen MR) is 345 cm³/mol. The molecule has 0 aromatic rings. The number of β-amino-alcohol motifs (C(OH)–C–C–N with tert-alkyl or cyclic N) is 1. The molecule has 4 fully saturated rings. The molecule has 31 nitrogen and oxygen atoms in total. The topological polar surface area (TPSA) is 455 Å². The number of carbonyl (C=O) groups is 6. The molecule has 5 amide bonds. The molecule has 0 aliphatic carbocycles. The Hall–Kier alpha value is -2.14. The Bertz CT molecular complexity index is 2170. The average molecular weight is 1490 g/mol. The minimum absolute atomic E-state index is 0. The van der Waals surface area contributed by atoms with E-state index in [4.69, 9.17) is 52.4 Å². The van der Waals surface area contributed by atoms with E-state index in [1.165, 1.54) is 23.8 Å². The van der Waals surface area contributed by atoms with Gasteiger partial charge >= 0.3 is 8.25 Å². The quantitative estimate of drug-likeness (QED) is 0.0233. The Balaban J connectivity index is 0. The number of likely N-dealkylation sites (tertiary alicyclic amines) is 2. The van der Waals surface area contributed by atoms with Crippen LogP contribution in [0.15, 0.2) is 0 Å². The van der Waals surface area contributed by atoms with Gasteiger partial charge in [0.05, 0.1) is 69.0 Å². The summed E-state index contributed by atoms with van der Waals surface area (Å²) < 4.78 is 69.9. The molecule has 1 radical (unpaired) electrons. The van der Waals surface area contributed by atoms with Crippen molar-refractivity contribution >= 4 is 51.2 Å². The summed E-state index contributed by atoms with van der Waals surface area (Å²) in [7, 11) is -2.58. The number of nitrogens with zero attached hydrogens (tertiary/aromatic N) is 2. The van der Waals surface area contributed by atoms with Crippen molar-refractivity contribution < 1.29 is 159 Å². The Morgan fingerprint density at radius 3 is 1.60 bits per heavy atom. The standard InChI is InChI=1S/C57H102N5O23P2.3CH4O.CH4.Y/c1-37-52(72)54(74)46(33-63)83-56(37)79-27-17-13-21-48(68)59-26-16-12-19-44(60-49(69)22-14-18-28-80-57-38(2)53(73)55(75)47(34-64)84-57)45(67)20-9-6-7-10-23-50(70)61-31-42(66)29-40(61)35-81-86(76)85-43-30-41(36-82-87(5,77)78-4)62(32-43)51(71)24-11-8-15-25-58-39(3)65;3*1-2;;/h37-38,40-44,46-47,52-57,63-64,66,72-75,86H,5-36H2,1-4H3,(H,58,65)(H,59,68)(H,60,69);3*2H,1H3;1H4;/q-1;;;;;/t37?,38?,40-,41-,42+,43?,44-,46?,47?,52?,53?,54?,55?,56?,57?,87?;;;;;/m0...../s1. The molecule has 0 spiro atoms. The van der Waals surface area contributed by atoms with E-state index >= 15 is 0 Å². The zero-order valence-electron chi connectivity index (χ0n) is 56.2. The molecule has 557 valence electrons. The van der Waals surface area contributed by atoms with Gasteiger partial charge in [-0.15, -0.1) is 0 Å². The van der Waals surface area contributed by atoms with Crippen LogP contribution in [0.25, 0.3) is 0 Å². The van der Waals surface area contributed by atoms with Gasteiger partial charge in [0.2, 0.25) is 29.5 Å². The number of unbranched alkanes of at least 4 members (excludes halogenated alkanes) is 8. The van der Waals surface area contributed by atoms with Crippen molar-refractivity contribution in [3.63, 3.8) is 0 Å². The number of hydrogen-bond donors (Lipinski definition) is 13. The van der Waals surface area contributed by atoms with Crippen LogP contribution < -0.4 is 16.0 Å². The second-order valence-electron chi connectivity index (χ2n) is 23.3. The molecular weight excluding hydrogens is 1370 g/mol. The van der Waals surface area contributed by atoms with Gasteiger partial charge in [0.25, 0.3) is 0 Å². The van der Waals surface area contributed by atoms with Crippen LogP contribution in [0.2, 0.25) is 0 Å². The molecule has 0 aromatic heterocycles. The third kappa shape index (κ3) is 36.9. The van der Waals surface area contributed by atoms with E-state index in [1.54, 1.807) is 13.8 Å². The predicted octanol–water partition coefficient (Wildman–Crippen LogP) is 1.35. The van der Waals surface area contributed by atoms with E-state index in [1.807, 2.05) is 0 Å². The molecule has 13 N–H and O–H groups in total. The van der Waals surface area contributed by atoms with Crippen molar-refractivity contribution in [2.75, 3.05) is 94.3 Å². The fraction of sp³-hybridized carbons (Fsp3) is 0.885. The molecule has 4 aliphatic rings. The van der Waals surface area contributed by atoms with Crippen LogP contribution in [-0.4, -0.2) is 270 Å². The molecule has 0 bridgehead atoms. The summed E-state index contributed by atoms with van der Waals surface area (Å²) in [6, 6.07) is -1.92. The smallest absolute Gasteiger partial charge is 0.319 e. The van der Waals surface area contributed by atoms with Gasteiger partial charge in [-0.3, -0.25) is 37.9 Å². The van der Waals surface area contributed by atoms with Crippen molar-refractivity contribution in [2.24, 2.45) is 11.8 Å². The van der Waals surface area contributed by atoms with Crippen molar-refractivity contribution in [2.45, 2.75) is 243 Å². The van der Waals surface area contributed by atoms with Gasteiger partial charge in [-0.05, 0) is 83.5 Å². The first-order chi connectivity index (χ1) is 44.5. The first-order valence-corrected chi connectivity index (χ1v) is 35.3. The summed E-state index contributed by atoms with van der Waals surface area (Å²) in [6.07, 6.45) is -1.12. The zero-order valence-corrected chi connectivity index (χ0v) is 60.9. The second-order valence-corrected chi connectivity index (χ2v) is 26.2. The third-order valence-corrected chi connectivity index (χ3v) is 18.3. The van der Waals surface area contributed by atoms with E-state index in [0.717, 1.165) is 21.3 Å².